The van der Waals surface area contributed by atoms with Crippen molar-refractivity contribution in [1.29, 1.82) is 0 Å². The van der Waals surface area contributed by atoms with E-state index in [0.717, 1.165) is 39.1 Å². The van der Waals surface area contributed by atoms with Crippen molar-refractivity contribution in [3.8, 4) is 12.3 Å². The molecule has 0 spiro atoms. The lowest BCUT2D eigenvalue weighted by atomic mass is 10.0. The van der Waals surface area contributed by atoms with Crippen LogP contribution in [0.2, 0.25) is 0 Å². The number of carbonyl (C=O) groups is 1. The predicted molar refractivity (Wildman–Crippen MR) is 67.5 cm³/mol. The van der Waals surface area contributed by atoms with Crippen LogP contribution in [0.5, 0.6) is 0 Å². The van der Waals surface area contributed by atoms with Gasteiger partial charge in [-0.05, 0) is 19.4 Å². The van der Waals surface area contributed by atoms with Gasteiger partial charge in [-0.15, -0.1) is 6.42 Å². The minimum Gasteiger partial charge on any atom is -0.339 e. The molecule has 4 heteroatoms. The second kappa shape index (κ2) is 6.04. The van der Waals surface area contributed by atoms with E-state index in [0.29, 0.717) is 6.54 Å². The Morgan fingerprint density at radius 1 is 1.29 bits per heavy atom. The lowest BCUT2D eigenvalue weighted by molar-refractivity contribution is -0.135. The zero-order valence-corrected chi connectivity index (χ0v) is 10.3. The number of amides is 1. The molecule has 0 saturated carbocycles. The average Bonchev–Trinajstić information content (AvgIpc) is 2.40. The van der Waals surface area contributed by atoms with Crippen LogP contribution in [0.3, 0.4) is 0 Å². The highest BCUT2D eigenvalue weighted by molar-refractivity contribution is 5.82. The summed E-state index contributed by atoms with van der Waals surface area (Å²) in [7, 11) is 0. The topological polar surface area (TPSA) is 35.6 Å². The molecule has 2 aliphatic heterocycles. The van der Waals surface area contributed by atoms with Gasteiger partial charge in [-0.2, -0.15) is 0 Å². The number of carbonyl (C=O) groups excluding carboxylic acids is 1. The summed E-state index contributed by atoms with van der Waals surface area (Å²) < 4.78 is 0. The number of hydrogen-bond donors (Lipinski definition) is 1. The Bertz CT molecular complexity index is 296. The van der Waals surface area contributed by atoms with Crippen molar-refractivity contribution in [2.75, 3.05) is 39.3 Å². The van der Waals surface area contributed by atoms with E-state index in [1.807, 2.05) is 4.90 Å². The highest BCUT2D eigenvalue weighted by Crippen LogP contribution is 2.11. The van der Waals surface area contributed by atoms with Gasteiger partial charge >= 0.3 is 0 Å². The van der Waals surface area contributed by atoms with Gasteiger partial charge in [0.25, 0.3) is 0 Å². The van der Waals surface area contributed by atoms with Gasteiger partial charge in [0.1, 0.15) is 0 Å². The first-order valence-corrected chi connectivity index (χ1v) is 6.49. The zero-order chi connectivity index (χ0) is 12.1. The molecule has 0 aromatic rings. The van der Waals surface area contributed by atoms with E-state index in [1.165, 1.54) is 12.8 Å². The maximum atomic E-state index is 12.2. The Morgan fingerprint density at radius 2 is 2.06 bits per heavy atom. The zero-order valence-electron chi connectivity index (χ0n) is 10.3. The monoisotopic (exact) mass is 235 g/mol. The van der Waals surface area contributed by atoms with Crippen LogP contribution in [0.1, 0.15) is 19.3 Å². The van der Waals surface area contributed by atoms with E-state index in [-0.39, 0.29) is 11.9 Å². The minimum absolute atomic E-state index is 0.0583. The van der Waals surface area contributed by atoms with Crippen molar-refractivity contribution >= 4 is 5.91 Å². The van der Waals surface area contributed by atoms with Crippen molar-refractivity contribution in [1.82, 2.24) is 15.1 Å². The van der Waals surface area contributed by atoms with Crippen LogP contribution in [0.25, 0.3) is 0 Å². The molecule has 2 saturated heterocycles. The first-order chi connectivity index (χ1) is 8.31. The molecule has 0 bridgehead atoms. The van der Waals surface area contributed by atoms with Gasteiger partial charge < -0.3 is 10.2 Å². The summed E-state index contributed by atoms with van der Waals surface area (Å²) in [6.07, 6.45) is 8.64. The third kappa shape index (κ3) is 3.21. The average molecular weight is 235 g/mol. The summed E-state index contributed by atoms with van der Waals surface area (Å²) in [4.78, 5) is 16.4. The molecule has 2 heterocycles. The van der Waals surface area contributed by atoms with Crippen molar-refractivity contribution in [2.24, 2.45) is 0 Å². The Morgan fingerprint density at radius 3 is 2.65 bits per heavy atom. The van der Waals surface area contributed by atoms with Gasteiger partial charge in [0, 0.05) is 26.2 Å². The van der Waals surface area contributed by atoms with E-state index in [1.54, 1.807) is 0 Å². The molecular weight excluding hydrogens is 214 g/mol. The van der Waals surface area contributed by atoms with E-state index in [2.05, 4.69) is 16.1 Å². The fourth-order valence-electron chi connectivity index (χ4n) is 2.54. The molecule has 0 aromatic heterocycles. The van der Waals surface area contributed by atoms with E-state index in [9.17, 15) is 4.79 Å². The minimum atomic E-state index is 0.0583. The SMILES string of the molecule is C#CCN1CCN(C(=O)[C@H]2CCCCN2)CC1. The molecule has 0 radical (unpaired) electrons. The van der Waals surface area contributed by atoms with Crippen LogP contribution in [-0.4, -0.2) is 61.0 Å². The van der Waals surface area contributed by atoms with Gasteiger partial charge in [-0.3, -0.25) is 9.69 Å². The molecular formula is C13H21N3O. The smallest absolute Gasteiger partial charge is 0.239 e. The van der Waals surface area contributed by atoms with Crippen LogP contribution >= 0.6 is 0 Å². The second-order valence-electron chi connectivity index (χ2n) is 4.81. The molecule has 4 nitrogen and oxygen atoms in total. The standard InChI is InChI=1S/C13H21N3O/c1-2-7-15-8-10-16(11-9-15)13(17)12-5-3-4-6-14-12/h1,12,14H,3-11H2/t12-/m1/s1. The van der Waals surface area contributed by atoms with Gasteiger partial charge in [-0.25, -0.2) is 0 Å². The summed E-state index contributed by atoms with van der Waals surface area (Å²) in [6.45, 7) is 5.12. The first-order valence-electron chi connectivity index (χ1n) is 6.49. The number of rotatable bonds is 2. The van der Waals surface area contributed by atoms with Crippen LogP contribution in [0.4, 0.5) is 0 Å². The van der Waals surface area contributed by atoms with Crippen LogP contribution in [0, 0.1) is 12.3 Å². The first kappa shape index (κ1) is 12.4. The fourth-order valence-corrected chi connectivity index (χ4v) is 2.54. The Labute approximate surface area is 103 Å². The molecule has 0 unspecified atom stereocenters. The Kier molecular flexibility index (Phi) is 4.41. The summed E-state index contributed by atoms with van der Waals surface area (Å²) in [5.41, 5.74) is 0. The molecule has 0 aliphatic carbocycles. The number of nitrogens with zero attached hydrogens (tertiary/aromatic N) is 2. The number of piperidine rings is 1. The summed E-state index contributed by atoms with van der Waals surface area (Å²) in [5.74, 6) is 2.94. The van der Waals surface area contributed by atoms with Gasteiger partial charge in [0.05, 0.1) is 12.6 Å². The van der Waals surface area contributed by atoms with Crippen molar-refractivity contribution in [3.05, 3.63) is 0 Å². The van der Waals surface area contributed by atoms with Crippen molar-refractivity contribution < 1.29 is 4.79 Å². The highest BCUT2D eigenvalue weighted by atomic mass is 16.2. The maximum Gasteiger partial charge on any atom is 0.239 e. The van der Waals surface area contributed by atoms with Gasteiger partial charge in [0.2, 0.25) is 5.91 Å². The van der Waals surface area contributed by atoms with Crippen LogP contribution < -0.4 is 5.32 Å². The lowest BCUT2D eigenvalue weighted by Crippen LogP contribution is -2.55. The Hall–Kier alpha value is -1.05. The third-order valence-corrected chi connectivity index (χ3v) is 3.61. The molecule has 2 fully saturated rings. The number of nitrogens with one attached hydrogen (secondary N) is 1. The lowest BCUT2D eigenvalue weighted by Gasteiger charge is -2.36. The number of hydrogen-bond acceptors (Lipinski definition) is 3. The fraction of sp³-hybridized carbons (Fsp3) is 0.769. The Balaban J connectivity index is 1.79. The second-order valence-corrected chi connectivity index (χ2v) is 4.81. The third-order valence-electron chi connectivity index (χ3n) is 3.61. The molecule has 2 aliphatic rings. The van der Waals surface area contributed by atoms with Gasteiger partial charge in [-0.1, -0.05) is 12.3 Å². The molecule has 0 aromatic carbocycles. The molecule has 94 valence electrons. The van der Waals surface area contributed by atoms with Crippen molar-refractivity contribution in [2.45, 2.75) is 25.3 Å². The summed E-state index contributed by atoms with van der Waals surface area (Å²) in [5, 5.41) is 3.32. The highest BCUT2D eigenvalue weighted by Gasteiger charge is 2.27. The van der Waals surface area contributed by atoms with E-state index < -0.39 is 0 Å². The quantitative estimate of drug-likeness (QED) is 0.679. The largest absolute Gasteiger partial charge is 0.339 e. The maximum absolute atomic E-state index is 12.2. The van der Waals surface area contributed by atoms with E-state index in [4.69, 9.17) is 6.42 Å². The molecule has 1 N–H and O–H groups in total. The number of piperazine rings is 1. The van der Waals surface area contributed by atoms with Crippen LogP contribution in [0.15, 0.2) is 0 Å². The molecule has 17 heavy (non-hydrogen) atoms. The molecule has 2 rings (SSSR count). The summed E-state index contributed by atoms with van der Waals surface area (Å²) >= 11 is 0. The van der Waals surface area contributed by atoms with Gasteiger partial charge in [0.15, 0.2) is 0 Å². The molecule has 1 atom stereocenters. The van der Waals surface area contributed by atoms with Crippen molar-refractivity contribution in [3.63, 3.8) is 0 Å². The normalized spacial score (nSPS) is 26.5. The van der Waals surface area contributed by atoms with Crippen LogP contribution in [-0.2, 0) is 4.79 Å². The molecule has 1 amide bonds. The predicted octanol–water partition coefficient (Wildman–Crippen LogP) is -0.0941. The summed E-state index contributed by atoms with van der Waals surface area (Å²) in [6, 6.07) is 0.0583. The number of terminal acetylenes is 1. The van der Waals surface area contributed by atoms with E-state index >= 15 is 0 Å².